The molecule has 0 saturated heterocycles. The number of halogens is 2. The molecule has 1 N–H and O–H groups in total. The quantitative estimate of drug-likeness (QED) is 0.738. The van der Waals surface area contributed by atoms with Crippen LogP contribution in [0, 0.1) is 6.92 Å². The maximum atomic E-state index is 12.5. The molecule has 2 aromatic heterocycles. The minimum atomic E-state index is -2.98. The van der Waals surface area contributed by atoms with Crippen molar-refractivity contribution < 1.29 is 22.7 Å². The number of aromatic nitrogens is 2. The smallest absolute Gasteiger partial charge is 0.387 e. The summed E-state index contributed by atoms with van der Waals surface area (Å²) in [7, 11) is 0. The number of carbonyl (C=O) groups excluding carboxylic acids is 1. The molecule has 0 bridgehead atoms. The van der Waals surface area contributed by atoms with Crippen LogP contribution in [0.3, 0.4) is 0 Å². The maximum Gasteiger partial charge on any atom is 0.387 e. The summed E-state index contributed by atoms with van der Waals surface area (Å²) >= 11 is 0. The van der Waals surface area contributed by atoms with Crippen LogP contribution in [0.5, 0.6) is 5.75 Å². The van der Waals surface area contributed by atoms with Crippen LogP contribution in [0.15, 0.2) is 53.2 Å². The zero-order chi connectivity index (χ0) is 17.8. The Morgan fingerprint density at radius 2 is 2.20 bits per heavy atom. The van der Waals surface area contributed by atoms with E-state index < -0.39 is 12.5 Å². The van der Waals surface area contributed by atoms with Crippen LogP contribution in [-0.4, -0.2) is 22.3 Å². The molecule has 1 amide bonds. The van der Waals surface area contributed by atoms with Crippen LogP contribution < -0.4 is 10.1 Å². The van der Waals surface area contributed by atoms with Gasteiger partial charge >= 0.3 is 6.61 Å². The van der Waals surface area contributed by atoms with Crippen molar-refractivity contribution in [2.45, 2.75) is 20.1 Å². The van der Waals surface area contributed by atoms with E-state index in [9.17, 15) is 13.6 Å². The van der Waals surface area contributed by atoms with Crippen molar-refractivity contribution >= 4 is 11.6 Å². The summed E-state index contributed by atoms with van der Waals surface area (Å²) in [6.45, 7) is -0.830. The predicted molar refractivity (Wildman–Crippen MR) is 85.8 cm³/mol. The third kappa shape index (κ3) is 4.23. The zero-order valence-corrected chi connectivity index (χ0v) is 13.3. The number of benzene rings is 1. The van der Waals surface area contributed by atoms with Crippen LogP contribution in [0.1, 0.15) is 21.9 Å². The van der Waals surface area contributed by atoms with Crippen molar-refractivity contribution in [1.82, 2.24) is 9.78 Å². The Morgan fingerprint density at radius 3 is 2.92 bits per heavy atom. The lowest BCUT2D eigenvalue weighted by molar-refractivity contribution is -0.0493. The van der Waals surface area contributed by atoms with Gasteiger partial charge in [-0.05, 0) is 42.8 Å². The molecular formula is C17H15F2N3O3. The standard InChI is InChI=1S/C17H15F2N3O3/c1-11-3-5-14(25-17(18)19)13(9-11)21-16(23)15-6-4-12(24-15)10-22-8-2-7-20-22/h2-9,17H,10H2,1H3,(H,21,23). The Bertz CT molecular complexity index is 860. The number of nitrogens with one attached hydrogen (secondary N) is 1. The van der Waals surface area contributed by atoms with Gasteiger partial charge in [-0.2, -0.15) is 13.9 Å². The number of amides is 1. The van der Waals surface area contributed by atoms with E-state index in [1.807, 2.05) is 0 Å². The van der Waals surface area contributed by atoms with E-state index in [4.69, 9.17) is 4.42 Å². The molecule has 3 aromatic rings. The van der Waals surface area contributed by atoms with Crippen LogP contribution in [0.4, 0.5) is 14.5 Å². The van der Waals surface area contributed by atoms with Gasteiger partial charge in [-0.25, -0.2) is 0 Å². The third-order valence-corrected chi connectivity index (χ3v) is 3.36. The lowest BCUT2D eigenvalue weighted by Crippen LogP contribution is -2.13. The Kier molecular flexibility index (Phi) is 4.78. The fourth-order valence-corrected chi connectivity index (χ4v) is 2.26. The molecule has 0 fully saturated rings. The Balaban J connectivity index is 1.74. The SMILES string of the molecule is Cc1ccc(OC(F)F)c(NC(=O)c2ccc(Cn3cccn3)o2)c1. The molecule has 8 heteroatoms. The van der Waals surface area contributed by atoms with E-state index >= 15 is 0 Å². The minimum Gasteiger partial charge on any atom is -0.454 e. The highest BCUT2D eigenvalue weighted by molar-refractivity contribution is 6.03. The summed E-state index contributed by atoms with van der Waals surface area (Å²) in [4.78, 5) is 12.3. The lowest BCUT2D eigenvalue weighted by atomic mass is 10.2. The number of furan rings is 1. The first-order chi connectivity index (χ1) is 12.0. The van der Waals surface area contributed by atoms with Crippen molar-refractivity contribution in [3.63, 3.8) is 0 Å². The molecule has 0 saturated carbocycles. The van der Waals surface area contributed by atoms with Crippen molar-refractivity contribution in [2.75, 3.05) is 5.32 Å². The molecule has 0 atom stereocenters. The van der Waals surface area contributed by atoms with Crippen molar-refractivity contribution in [2.24, 2.45) is 0 Å². The average Bonchev–Trinajstić information content (AvgIpc) is 3.22. The number of rotatable bonds is 6. The first-order valence-electron chi connectivity index (χ1n) is 7.44. The number of aryl methyl sites for hydroxylation is 1. The second-order valence-electron chi connectivity index (χ2n) is 5.30. The number of carbonyl (C=O) groups is 1. The van der Waals surface area contributed by atoms with Gasteiger partial charge in [0, 0.05) is 12.4 Å². The maximum absolute atomic E-state index is 12.5. The van der Waals surface area contributed by atoms with Crippen LogP contribution in [0.25, 0.3) is 0 Å². The summed E-state index contributed by atoms with van der Waals surface area (Å²) in [5.41, 5.74) is 0.936. The molecule has 0 spiro atoms. The summed E-state index contributed by atoms with van der Waals surface area (Å²) in [6, 6.07) is 9.48. The van der Waals surface area contributed by atoms with Crippen molar-refractivity contribution in [1.29, 1.82) is 0 Å². The summed E-state index contributed by atoms with van der Waals surface area (Å²) in [5, 5.41) is 6.58. The van der Waals surface area contributed by atoms with Crippen molar-refractivity contribution in [3.8, 4) is 5.75 Å². The number of hydrogen-bond donors (Lipinski definition) is 1. The third-order valence-electron chi connectivity index (χ3n) is 3.36. The minimum absolute atomic E-state index is 0.0617. The van der Waals surface area contributed by atoms with Gasteiger partial charge in [-0.3, -0.25) is 9.48 Å². The Morgan fingerprint density at radius 1 is 1.36 bits per heavy atom. The second kappa shape index (κ2) is 7.16. The second-order valence-corrected chi connectivity index (χ2v) is 5.30. The molecule has 0 radical (unpaired) electrons. The highest BCUT2D eigenvalue weighted by Crippen LogP contribution is 2.28. The number of hydrogen-bond acceptors (Lipinski definition) is 4. The summed E-state index contributed by atoms with van der Waals surface area (Å²) in [5.74, 6) is -0.0671. The molecule has 6 nitrogen and oxygen atoms in total. The molecule has 0 aliphatic heterocycles. The normalized spacial score (nSPS) is 10.9. The van der Waals surface area contributed by atoms with Crippen molar-refractivity contribution in [3.05, 3.63) is 65.9 Å². The van der Waals surface area contributed by atoms with Gasteiger partial charge in [0.25, 0.3) is 5.91 Å². The molecule has 2 heterocycles. The van der Waals surface area contributed by atoms with Gasteiger partial charge in [-0.15, -0.1) is 0 Å². The molecule has 25 heavy (non-hydrogen) atoms. The largest absolute Gasteiger partial charge is 0.454 e. The average molecular weight is 347 g/mol. The van der Waals surface area contributed by atoms with E-state index in [1.165, 1.54) is 12.1 Å². The fraction of sp³-hybridized carbons (Fsp3) is 0.176. The monoisotopic (exact) mass is 347 g/mol. The number of alkyl halides is 2. The van der Waals surface area contributed by atoms with Gasteiger partial charge in [0.15, 0.2) is 5.76 Å². The number of nitrogens with zero attached hydrogens (tertiary/aromatic N) is 2. The van der Waals surface area contributed by atoms with Crippen LogP contribution in [0.2, 0.25) is 0 Å². The molecule has 3 rings (SSSR count). The van der Waals surface area contributed by atoms with Gasteiger partial charge in [0.2, 0.25) is 0 Å². The van der Waals surface area contributed by atoms with Crippen LogP contribution >= 0.6 is 0 Å². The Labute approximate surface area is 142 Å². The molecule has 0 aliphatic rings. The molecule has 1 aromatic carbocycles. The molecule has 130 valence electrons. The van der Waals surface area contributed by atoms with E-state index in [0.29, 0.717) is 12.3 Å². The highest BCUT2D eigenvalue weighted by atomic mass is 19.3. The van der Waals surface area contributed by atoms with Gasteiger partial charge in [-0.1, -0.05) is 6.07 Å². The first-order valence-corrected chi connectivity index (χ1v) is 7.44. The first kappa shape index (κ1) is 16.7. The molecule has 0 unspecified atom stereocenters. The zero-order valence-electron chi connectivity index (χ0n) is 13.3. The van der Waals surface area contributed by atoms with E-state index in [-0.39, 0.29) is 17.2 Å². The van der Waals surface area contributed by atoms with E-state index in [0.717, 1.165) is 5.56 Å². The van der Waals surface area contributed by atoms with E-state index in [2.05, 4.69) is 15.2 Å². The number of ether oxygens (including phenoxy) is 1. The summed E-state index contributed by atoms with van der Waals surface area (Å²) < 4.78 is 36.5. The Hall–Kier alpha value is -3.16. The summed E-state index contributed by atoms with van der Waals surface area (Å²) in [6.07, 6.45) is 3.40. The van der Waals surface area contributed by atoms with Gasteiger partial charge < -0.3 is 14.5 Å². The van der Waals surface area contributed by atoms with E-state index in [1.54, 1.807) is 48.3 Å². The topological polar surface area (TPSA) is 69.3 Å². The highest BCUT2D eigenvalue weighted by Gasteiger charge is 2.16. The molecule has 0 aliphatic carbocycles. The lowest BCUT2D eigenvalue weighted by Gasteiger charge is -2.12. The van der Waals surface area contributed by atoms with Gasteiger partial charge in [0.1, 0.15) is 11.5 Å². The molecular weight excluding hydrogens is 332 g/mol. The van der Waals surface area contributed by atoms with Gasteiger partial charge in [0.05, 0.1) is 12.2 Å². The fourth-order valence-electron chi connectivity index (χ4n) is 2.26. The predicted octanol–water partition coefficient (Wildman–Crippen LogP) is 3.69. The number of anilines is 1. The van der Waals surface area contributed by atoms with Crippen LogP contribution in [-0.2, 0) is 6.54 Å².